The number of rotatable bonds is 3. The van der Waals surface area contributed by atoms with Crippen molar-refractivity contribution in [3.8, 4) is 11.4 Å². The highest BCUT2D eigenvalue weighted by molar-refractivity contribution is 5.93. The van der Waals surface area contributed by atoms with E-state index in [9.17, 15) is 4.79 Å². The monoisotopic (exact) mass is 347 g/mol. The molecule has 3 aromatic rings. The Bertz CT molecular complexity index is 954. The summed E-state index contributed by atoms with van der Waals surface area (Å²) in [6.07, 6.45) is 4.36. The molecule has 1 aliphatic heterocycles. The van der Waals surface area contributed by atoms with Crippen molar-refractivity contribution < 1.29 is 4.79 Å². The third-order valence-electron chi connectivity index (χ3n) is 5.33. The van der Waals surface area contributed by atoms with Crippen LogP contribution >= 0.6 is 0 Å². The van der Waals surface area contributed by atoms with Crippen molar-refractivity contribution in [2.75, 3.05) is 6.54 Å². The average molecular weight is 347 g/mol. The summed E-state index contributed by atoms with van der Waals surface area (Å²) < 4.78 is 4.07. The van der Waals surface area contributed by atoms with Gasteiger partial charge in [0.25, 0.3) is 5.91 Å². The Morgan fingerprint density at radius 1 is 1.08 bits per heavy atom. The number of amides is 1. The molecular formula is C20H21N5O. The van der Waals surface area contributed by atoms with Gasteiger partial charge in [0, 0.05) is 24.3 Å². The van der Waals surface area contributed by atoms with Crippen LogP contribution in [0.5, 0.6) is 0 Å². The van der Waals surface area contributed by atoms with Crippen LogP contribution in [0.25, 0.3) is 11.4 Å². The second-order valence-electron chi connectivity index (χ2n) is 7.09. The molecule has 2 aliphatic rings. The maximum atomic E-state index is 13.2. The van der Waals surface area contributed by atoms with Gasteiger partial charge in [-0.25, -0.2) is 9.67 Å². The van der Waals surface area contributed by atoms with E-state index in [2.05, 4.69) is 9.67 Å². The van der Waals surface area contributed by atoms with Gasteiger partial charge in [0.1, 0.15) is 11.5 Å². The smallest absolute Gasteiger partial charge is 0.271 e. The van der Waals surface area contributed by atoms with E-state index in [1.807, 2.05) is 65.2 Å². The highest BCUT2D eigenvalue weighted by Gasteiger charge is 2.34. The van der Waals surface area contributed by atoms with Crippen LogP contribution < -0.4 is 0 Å². The predicted octanol–water partition coefficient (Wildman–Crippen LogP) is 3.30. The van der Waals surface area contributed by atoms with Crippen LogP contribution in [0.3, 0.4) is 0 Å². The van der Waals surface area contributed by atoms with Crippen molar-refractivity contribution in [3.63, 3.8) is 0 Å². The quantitative estimate of drug-likeness (QED) is 0.730. The first kappa shape index (κ1) is 15.4. The highest BCUT2D eigenvalue weighted by atomic mass is 16.2. The lowest BCUT2D eigenvalue weighted by atomic mass is 10.2. The van der Waals surface area contributed by atoms with Gasteiger partial charge in [-0.05, 0) is 31.9 Å². The Kier molecular flexibility index (Phi) is 3.45. The molecule has 132 valence electrons. The summed E-state index contributed by atoms with van der Waals surface area (Å²) in [7, 11) is 0. The number of aromatic nitrogens is 4. The summed E-state index contributed by atoms with van der Waals surface area (Å²) >= 11 is 0. The van der Waals surface area contributed by atoms with Gasteiger partial charge in [0.15, 0.2) is 5.82 Å². The highest BCUT2D eigenvalue weighted by Crippen LogP contribution is 2.37. The molecule has 0 saturated heterocycles. The fourth-order valence-corrected chi connectivity index (χ4v) is 3.74. The fourth-order valence-electron chi connectivity index (χ4n) is 3.74. The molecular weight excluding hydrogens is 326 g/mol. The van der Waals surface area contributed by atoms with Crippen LogP contribution in [-0.4, -0.2) is 36.7 Å². The minimum absolute atomic E-state index is 0.0879. The summed E-state index contributed by atoms with van der Waals surface area (Å²) in [5.41, 5.74) is 1.79. The standard InChI is InChI=1S/C20H21N5O/c1-14-19-21-18(15-6-3-2-4-7-15)22-25(19)13-12-23(14)20(26)17-8-5-11-24(17)16-9-10-16/h2-8,11,14,16H,9-10,12-13H2,1H3/t14-/m0/s1. The SMILES string of the molecule is C[C@H]1c2nc(-c3ccccc3)nn2CCN1C(=O)c1cccn1C1CC1. The van der Waals surface area contributed by atoms with E-state index in [4.69, 9.17) is 4.98 Å². The average Bonchev–Trinajstić information content (AvgIpc) is 3.22. The summed E-state index contributed by atoms with van der Waals surface area (Å²) in [6.45, 7) is 3.37. The molecule has 0 radical (unpaired) electrons. The molecule has 1 fully saturated rings. The van der Waals surface area contributed by atoms with Crippen molar-refractivity contribution in [2.24, 2.45) is 0 Å². The number of fused-ring (bicyclic) bond motifs is 1. The lowest BCUT2D eigenvalue weighted by Crippen LogP contribution is -2.42. The maximum Gasteiger partial charge on any atom is 0.271 e. The van der Waals surface area contributed by atoms with E-state index in [1.54, 1.807) is 0 Å². The molecule has 0 N–H and O–H groups in total. The van der Waals surface area contributed by atoms with Gasteiger partial charge in [-0.15, -0.1) is 0 Å². The van der Waals surface area contributed by atoms with Gasteiger partial charge in [0.2, 0.25) is 0 Å². The zero-order valence-corrected chi connectivity index (χ0v) is 14.7. The van der Waals surface area contributed by atoms with Crippen molar-refractivity contribution in [2.45, 2.75) is 38.4 Å². The van der Waals surface area contributed by atoms with Crippen LogP contribution in [0.4, 0.5) is 0 Å². The molecule has 6 heteroatoms. The maximum absolute atomic E-state index is 13.2. The van der Waals surface area contributed by atoms with Gasteiger partial charge in [-0.1, -0.05) is 30.3 Å². The van der Waals surface area contributed by atoms with Crippen molar-refractivity contribution in [1.29, 1.82) is 0 Å². The number of carbonyl (C=O) groups excluding carboxylic acids is 1. The lowest BCUT2D eigenvalue weighted by molar-refractivity contribution is 0.0619. The number of nitrogens with zero attached hydrogens (tertiary/aromatic N) is 5. The van der Waals surface area contributed by atoms with Crippen LogP contribution in [0.15, 0.2) is 48.7 Å². The van der Waals surface area contributed by atoms with Crippen molar-refractivity contribution in [1.82, 2.24) is 24.2 Å². The van der Waals surface area contributed by atoms with Crippen LogP contribution in [0, 0.1) is 0 Å². The van der Waals surface area contributed by atoms with E-state index in [-0.39, 0.29) is 11.9 Å². The summed E-state index contributed by atoms with van der Waals surface area (Å²) in [5.74, 6) is 1.67. The second-order valence-corrected chi connectivity index (χ2v) is 7.09. The molecule has 5 rings (SSSR count). The van der Waals surface area contributed by atoms with Crippen LogP contribution in [0.2, 0.25) is 0 Å². The van der Waals surface area contributed by atoms with Crippen molar-refractivity contribution >= 4 is 5.91 Å². The zero-order valence-electron chi connectivity index (χ0n) is 14.7. The Balaban J connectivity index is 1.45. The molecule has 6 nitrogen and oxygen atoms in total. The van der Waals surface area contributed by atoms with Crippen LogP contribution in [-0.2, 0) is 6.54 Å². The van der Waals surface area contributed by atoms with E-state index in [0.29, 0.717) is 19.1 Å². The summed E-state index contributed by atoms with van der Waals surface area (Å²) in [4.78, 5) is 19.8. The predicted molar refractivity (Wildman–Crippen MR) is 97.6 cm³/mol. The van der Waals surface area contributed by atoms with E-state index in [1.165, 1.54) is 12.8 Å². The fraction of sp³-hybridized carbons (Fsp3) is 0.350. The molecule has 0 bridgehead atoms. The van der Waals surface area contributed by atoms with Gasteiger partial charge < -0.3 is 9.47 Å². The Morgan fingerprint density at radius 3 is 2.65 bits per heavy atom. The topological polar surface area (TPSA) is 56.0 Å². The zero-order chi connectivity index (χ0) is 17.7. The van der Waals surface area contributed by atoms with Gasteiger partial charge in [-0.3, -0.25) is 4.79 Å². The largest absolute Gasteiger partial charge is 0.340 e. The van der Waals surface area contributed by atoms with E-state index >= 15 is 0 Å². The molecule has 1 saturated carbocycles. The minimum atomic E-state index is -0.0937. The molecule has 26 heavy (non-hydrogen) atoms. The first-order chi connectivity index (χ1) is 12.7. The van der Waals surface area contributed by atoms with Gasteiger partial charge >= 0.3 is 0 Å². The molecule has 1 amide bonds. The van der Waals surface area contributed by atoms with Crippen molar-refractivity contribution in [3.05, 3.63) is 60.2 Å². The normalized spacial score (nSPS) is 19.4. The molecule has 0 unspecified atom stereocenters. The van der Waals surface area contributed by atoms with E-state index in [0.717, 1.165) is 22.9 Å². The van der Waals surface area contributed by atoms with E-state index < -0.39 is 0 Å². The molecule has 3 heterocycles. The first-order valence-corrected chi connectivity index (χ1v) is 9.20. The molecule has 0 spiro atoms. The number of benzene rings is 1. The van der Waals surface area contributed by atoms with Crippen LogP contribution in [0.1, 0.15) is 48.2 Å². The van der Waals surface area contributed by atoms with Gasteiger partial charge in [0.05, 0.1) is 12.6 Å². The first-order valence-electron chi connectivity index (χ1n) is 9.20. The lowest BCUT2D eigenvalue weighted by Gasteiger charge is -2.33. The Labute approximate surface area is 152 Å². The Hall–Kier alpha value is -2.89. The Morgan fingerprint density at radius 2 is 1.88 bits per heavy atom. The molecule has 1 atom stereocenters. The summed E-state index contributed by atoms with van der Waals surface area (Å²) in [6, 6.07) is 14.3. The van der Waals surface area contributed by atoms with Gasteiger partial charge in [-0.2, -0.15) is 5.10 Å². The number of carbonyl (C=O) groups is 1. The molecule has 1 aliphatic carbocycles. The minimum Gasteiger partial charge on any atom is -0.340 e. The number of hydrogen-bond donors (Lipinski definition) is 0. The molecule has 1 aromatic carbocycles. The molecule has 2 aromatic heterocycles. The number of hydrogen-bond acceptors (Lipinski definition) is 3. The summed E-state index contributed by atoms with van der Waals surface area (Å²) in [5, 5.41) is 4.65. The third-order valence-corrected chi connectivity index (χ3v) is 5.33. The third kappa shape index (κ3) is 2.44. The second kappa shape index (κ2) is 5.83.